The van der Waals surface area contributed by atoms with Crippen LogP contribution in [0.2, 0.25) is 0 Å². The standard InChI is InChI=1S/C18H16N2O/c1-2-4-17-15(3-1)5-6-16-12-20(13-21-18(16)17)11-14-7-9-19-10-8-14/h1-10H,11-13H2. The first kappa shape index (κ1) is 12.4. The first-order chi connectivity index (χ1) is 10.4. The van der Waals surface area contributed by atoms with Crippen molar-refractivity contribution < 1.29 is 4.74 Å². The summed E-state index contributed by atoms with van der Waals surface area (Å²) in [4.78, 5) is 6.36. The fraction of sp³-hybridized carbons (Fsp3) is 0.167. The number of aromatic nitrogens is 1. The van der Waals surface area contributed by atoms with Gasteiger partial charge in [-0.05, 0) is 23.1 Å². The van der Waals surface area contributed by atoms with Gasteiger partial charge in [-0.25, -0.2) is 0 Å². The highest BCUT2D eigenvalue weighted by molar-refractivity contribution is 5.89. The van der Waals surface area contributed by atoms with Crippen molar-refractivity contribution in [1.82, 2.24) is 9.88 Å². The average molecular weight is 276 g/mol. The predicted octanol–water partition coefficient (Wildman–Crippen LogP) is 3.59. The van der Waals surface area contributed by atoms with Crippen LogP contribution in [-0.2, 0) is 13.1 Å². The molecule has 0 amide bonds. The number of pyridine rings is 1. The molecule has 3 nitrogen and oxygen atoms in total. The van der Waals surface area contributed by atoms with Gasteiger partial charge in [0.1, 0.15) is 12.5 Å². The smallest absolute Gasteiger partial charge is 0.142 e. The van der Waals surface area contributed by atoms with E-state index < -0.39 is 0 Å². The van der Waals surface area contributed by atoms with Crippen molar-refractivity contribution in [2.24, 2.45) is 0 Å². The fourth-order valence-corrected chi connectivity index (χ4v) is 2.87. The minimum atomic E-state index is 0.628. The molecule has 0 N–H and O–H groups in total. The van der Waals surface area contributed by atoms with Gasteiger partial charge in [0.25, 0.3) is 0 Å². The molecule has 4 rings (SSSR count). The minimum absolute atomic E-state index is 0.628. The highest BCUT2D eigenvalue weighted by Gasteiger charge is 2.19. The molecule has 1 aromatic heterocycles. The Morgan fingerprint density at radius 2 is 1.86 bits per heavy atom. The molecule has 0 atom stereocenters. The van der Waals surface area contributed by atoms with Crippen LogP contribution in [0.1, 0.15) is 11.1 Å². The molecule has 1 aliphatic rings. The zero-order chi connectivity index (χ0) is 14.1. The predicted molar refractivity (Wildman–Crippen MR) is 82.9 cm³/mol. The lowest BCUT2D eigenvalue weighted by atomic mass is 10.0. The second-order valence-corrected chi connectivity index (χ2v) is 5.39. The third-order valence-corrected chi connectivity index (χ3v) is 3.90. The van der Waals surface area contributed by atoms with Crippen molar-refractivity contribution in [2.45, 2.75) is 13.1 Å². The lowest BCUT2D eigenvalue weighted by Gasteiger charge is -2.29. The molecule has 0 fully saturated rings. The van der Waals surface area contributed by atoms with E-state index in [0.29, 0.717) is 6.73 Å². The molecule has 104 valence electrons. The van der Waals surface area contributed by atoms with Gasteiger partial charge >= 0.3 is 0 Å². The highest BCUT2D eigenvalue weighted by atomic mass is 16.5. The van der Waals surface area contributed by atoms with Gasteiger partial charge in [0.15, 0.2) is 0 Å². The Morgan fingerprint density at radius 3 is 2.76 bits per heavy atom. The number of nitrogens with zero attached hydrogens (tertiary/aromatic N) is 2. The largest absolute Gasteiger partial charge is 0.477 e. The lowest BCUT2D eigenvalue weighted by Crippen LogP contribution is -2.31. The van der Waals surface area contributed by atoms with E-state index >= 15 is 0 Å². The van der Waals surface area contributed by atoms with Gasteiger partial charge in [-0.1, -0.05) is 36.4 Å². The van der Waals surface area contributed by atoms with Crippen LogP contribution in [0.25, 0.3) is 10.8 Å². The maximum absolute atomic E-state index is 6.03. The summed E-state index contributed by atoms with van der Waals surface area (Å²) in [6.07, 6.45) is 3.67. The molecule has 0 saturated carbocycles. The van der Waals surface area contributed by atoms with E-state index in [2.05, 4.69) is 58.4 Å². The van der Waals surface area contributed by atoms with E-state index in [4.69, 9.17) is 4.74 Å². The molecular formula is C18H16N2O. The van der Waals surface area contributed by atoms with Crippen LogP contribution in [0.15, 0.2) is 60.9 Å². The molecule has 3 heteroatoms. The summed E-state index contributed by atoms with van der Waals surface area (Å²) in [5, 5.41) is 2.44. The monoisotopic (exact) mass is 276 g/mol. The van der Waals surface area contributed by atoms with Crippen molar-refractivity contribution in [3.63, 3.8) is 0 Å². The van der Waals surface area contributed by atoms with Gasteiger partial charge in [-0.15, -0.1) is 0 Å². The molecule has 21 heavy (non-hydrogen) atoms. The van der Waals surface area contributed by atoms with Gasteiger partial charge in [0.05, 0.1) is 0 Å². The zero-order valence-corrected chi connectivity index (χ0v) is 11.7. The Balaban J connectivity index is 1.62. The van der Waals surface area contributed by atoms with Crippen molar-refractivity contribution >= 4 is 10.8 Å². The molecule has 2 aromatic carbocycles. The summed E-state index contributed by atoms with van der Waals surface area (Å²) >= 11 is 0. The molecule has 1 aliphatic heterocycles. The highest BCUT2D eigenvalue weighted by Crippen LogP contribution is 2.33. The van der Waals surface area contributed by atoms with Crippen LogP contribution >= 0.6 is 0 Å². The Bertz CT molecular complexity index is 771. The van der Waals surface area contributed by atoms with Gasteiger partial charge in [0.2, 0.25) is 0 Å². The number of fused-ring (bicyclic) bond motifs is 3. The summed E-state index contributed by atoms with van der Waals surface area (Å²) in [6.45, 7) is 2.43. The molecule has 0 radical (unpaired) electrons. The molecular weight excluding hydrogens is 260 g/mol. The molecule has 0 saturated heterocycles. The number of hydrogen-bond acceptors (Lipinski definition) is 3. The van der Waals surface area contributed by atoms with E-state index in [0.717, 1.165) is 18.8 Å². The maximum Gasteiger partial charge on any atom is 0.142 e. The Kier molecular flexibility index (Phi) is 3.05. The Labute approximate surface area is 123 Å². The van der Waals surface area contributed by atoms with E-state index in [1.807, 2.05) is 12.4 Å². The van der Waals surface area contributed by atoms with Gasteiger partial charge in [-0.3, -0.25) is 9.88 Å². The van der Waals surface area contributed by atoms with Gasteiger partial charge < -0.3 is 4.74 Å². The molecule has 0 unspecified atom stereocenters. The summed E-state index contributed by atoms with van der Waals surface area (Å²) in [5.74, 6) is 1.04. The van der Waals surface area contributed by atoms with Crippen LogP contribution in [0.3, 0.4) is 0 Å². The topological polar surface area (TPSA) is 25.4 Å². The van der Waals surface area contributed by atoms with E-state index in [1.165, 1.54) is 21.9 Å². The van der Waals surface area contributed by atoms with E-state index in [9.17, 15) is 0 Å². The maximum atomic E-state index is 6.03. The van der Waals surface area contributed by atoms with Crippen LogP contribution in [0, 0.1) is 0 Å². The number of hydrogen-bond donors (Lipinski definition) is 0. The Hall–Kier alpha value is -2.39. The second-order valence-electron chi connectivity index (χ2n) is 5.39. The van der Waals surface area contributed by atoms with Crippen LogP contribution < -0.4 is 4.74 Å². The fourth-order valence-electron chi connectivity index (χ4n) is 2.87. The van der Waals surface area contributed by atoms with E-state index in [1.54, 1.807) is 0 Å². The number of benzene rings is 2. The molecule has 0 aliphatic carbocycles. The van der Waals surface area contributed by atoms with Gasteiger partial charge in [-0.2, -0.15) is 0 Å². The number of rotatable bonds is 2. The number of ether oxygens (including phenoxy) is 1. The quantitative estimate of drug-likeness (QED) is 0.715. The molecule has 2 heterocycles. The van der Waals surface area contributed by atoms with Crippen LogP contribution in [0.4, 0.5) is 0 Å². The van der Waals surface area contributed by atoms with Gasteiger partial charge in [0, 0.05) is 36.4 Å². The Morgan fingerprint density at radius 1 is 1.00 bits per heavy atom. The summed E-state index contributed by atoms with van der Waals surface area (Å²) in [6, 6.07) is 16.8. The van der Waals surface area contributed by atoms with Crippen LogP contribution in [0.5, 0.6) is 5.75 Å². The lowest BCUT2D eigenvalue weighted by molar-refractivity contribution is 0.0904. The zero-order valence-electron chi connectivity index (χ0n) is 11.7. The van der Waals surface area contributed by atoms with Crippen molar-refractivity contribution in [1.29, 1.82) is 0 Å². The van der Waals surface area contributed by atoms with E-state index in [-0.39, 0.29) is 0 Å². The summed E-state index contributed by atoms with van der Waals surface area (Å²) in [5.41, 5.74) is 2.52. The SMILES string of the molecule is c1ccc2c3c(ccc2c1)CN(Cc1ccncc1)CO3. The summed E-state index contributed by atoms with van der Waals surface area (Å²) < 4.78 is 6.03. The van der Waals surface area contributed by atoms with Crippen molar-refractivity contribution in [3.8, 4) is 5.75 Å². The normalized spacial score (nSPS) is 14.7. The minimum Gasteiger partial charge on any atom is -0.477 e. The van der Waals surface area contributed by atoms with Crippen molar-refractivity contribution in [2.75, 3.05) is 6.73 Å². The van der Waals surface area contributed by atoms with Crippen LogP contribution in [-0.4, -0.2) is 16.6 Å². The second kappa shape index (κ2) is 5.19. The summed E-state index contributed by atoms with van der Waals surface area (Å²) in [7, 11) is 0. The first-order valence-electron chi connectivity index (χ1n) is 7.15. The third kappa shape index (κ3) is 2.36. The van der Waals surface area contributed by atoms with Crippen molar-refractivity contribution in [3.05, 3.63) is 72.1 Å². The molecule has 3 aromatic rings. The first-order valence-corrected chi connectivity index (χ1v) is 7.15. The average Bonchev–Trinajstić information content (AvgIpc) is 2.55. The third-order valence-electron chi connectivity index (χ3n) is 3.90. The molecule has 0 bridgehead atoms. The molecule has 0 spiro atoms.